The molecule has 0 aliphatic heterocycles. The predicted octanol–water partition coefficient (Wildman–Crippen LogP) is 3.09. The SMILES string of the molecule is O=C(NNC(=O)c1ccc(Br)c([N+](=O)[O-])c1)c1cccc(Cl)c1. The Hall–Kier alpha value is -2.45. The molecule has 7 nitrogen and oxygen atoms in total. The van der Waals surface area contributed by atoms with E-state index in [4.69, 9.17) is 11.6 Å². The van der Waals surface area contributed by atoms with Gasteiger partial charge in [0.05, 0.1) is 9.40 Å². The molecule has 0 unspecified atom stereocenters. The highest BCUT2D eigenvalue weighted by molar-refractivity contribution is 9.10. The van der Waals surface area contributed by atoms with Crippen LogP contribution < -0.4 is 10.9 Å². The van der Waals surface area contributed by atoms with Gasteiger partial charge in [0, 0.05) is 22.2 Å². The van der Waals surface area contributed by atoms with E-state index >= 15 is 0 Å². The van der Waals surface area contributed by atoms with Crippen LogP contribution in [0.2, 0.25) is 5.02 Å². The van der Waals surface area contributed by atoms with E-state index in [2.05, 4.69) is 26.8 Å². The number of benzene rings is 2. The van der Waals surface area contributed by atoms with E-state index in [0.29, 0.717) is 5.02 Å². The maximum atomic E-state index is 11.9. The minimum atomic E-state index is -0.684. The summed E-state index contributed by atoms with van der Waals surface area (Å²) < 4.78 is 0.252. The molecule has 2 amide bonds. The van der Waals surface area contributed by atoms with Crippen LogP contribution in [0.5, 0.6) is 0 Å². The molecule has 0 fully saturated rings. The summed E-state index contributed by atoms with van der Waals surface area (Å²) in [6.07, 6.45) is 0. The summed E-state index contributed by atoms with van der Waals surface area (Å²) in [5.41, 5.74) is 4.44. The van der Waals surface area contributed by atoms with Crippen LogP contribution in [-0.2, 0) is 0 Å². The van der Waals surface area contributed by atoms with Crippen LogP contribution in [0.15, 0.2) is 46.9 Å². The summed E-state index contributed by atoms with van der Waals surface area (Å²) in [6, 6.07) is 10.0. The first kappa shape index (κ1) is 16.9. The molecule has 2 N–H and O–H groups in total. The van der Waals surface area contributed by atoms with E-state index in [1.54, 1.807) is 12.1 Å². The average molecular weight is 399 g/mol. The topological polar surface area (TPSA) is 101 Å². The number of nitrogens with zero attached hydrogens (tertiary/aromatic N) is 1. The van der Waals surface area contributed by atoms with Crippen molar-refractivity contribution in [3.63, 3.8) is 0 Å². The Morgan fingerprint density at radius 2 is 1.65 bits per heavy atom. The van der Waals surface area contributed by atoms with Gasteiger partial charge in [-0.25, -0.2) is 0 Å². The molecule has 0 radical (unpaired) electrons. The number of nitrogens with one attached hydrogen (secondary N) is 2. The standard InChI is InChI=1S/C14H9BrClN3O4/c15-11-5-4-9(7-12(11)19(22)23)14(21)18-17-13(20)8-2-1-3-10(16)6-8/h1-7H,(H,17,20)(H,18,21). The lowest BCUT2D eigenvalue weighted by Crippen LogP contribution is -2.41. The Labute approximate surface area is 143 Å². The highest BCUT2D eigenvalue weighted by Crippen LogP contribution is 2.25. The van der Waals surface area contributed by atoms with E-state index in [1.807, 2.05) is 0 Å². The van der Waals surface area contributed by atoms with Gasteiger partial charge in [0.2, 0.25) is 0 Å². The maximum Gasteiger partial charge on any atom is 0.284 e. The van der Waals surface area contributed by atoms with Crippen LogP contribution in [0.1, 0.15) is 20.7 Å². The molecule has 2 rings (SSSR count). The monoisotopic (exact) mass is 397 g/mol. The van der Waals surface area contributed by atoms with Crippen molar-refractivity contribution in [3.05, 3.63) is 73.2 Å². The molecule has 0 saturated carbocycles. The van der Waals surface area contributed by atoms with E-state index in [1.165, 1.54) is 24.3 Å². The van der Waals surface area contributed by atoms with Crippen molar-refractivity contribution >= 4 is 45.0 Å². The highest BCUT2D eigenvalue weighted by Gasteiger charge is 2.16. The molecule has 0 aliphatic rings. The number of nitro benzene ring substituents is 1. The molecule has 0 aliphatic carbocycles. The van der Waals surface area contributed by atoms with Crippen molar-refractivity contribution in [2.75, 3.05) is 0 Å². The van der Waals surface area contributed by atoms with Crippen molar-refractivity contribution < 1.29 is 14.5 Å². The maximum absolute atomic E-state index is 11.9. The summed E-state index contributed by atoms with van der Waals surface area (Å²) in [4.78, 5) is 34.0. The molecule has 2 aromatic rings. The molecule has 23 heavy (non-hydrogen) atoms. The zero-order valence-electron chi connectivity index (χ0n) is 11.4. The van der Waals surface area contributed by atoms with Gasteiger partial charge in [-0.15, -0.1) is 0 Å². The van der Waals surface area contributed by atoms with Crippen LogP contribution in [0, 0.1) is 10.1 Å². The second kappa shape index (κ2) is 7.21. The molecule has 9 heteroatoms. The van der Waals surface area contributed by atoms with Gasteiger partial charge in [0.15, 0.2) is 0 Å². The minimum absolute atomic E-state index is 0.0336. The lowest BCUT2D eigenvalue weighted by molar-refractivity contribution is -0.385. The number of carbonyl (C=O) groups excluding carboxylic acids is 2. The van der Waals surface area contributed by atoms with Crippen molar-refractivity contribution in [1.29, 1.82) is 0 Å². The third-order valence-corrected chi connectivity index (χ3v) is 3.69. The van der Waals surface area contributed by atoms with Gasteiger partial charge in [-0.2, -0.15) is 0 Å². The second-order valence-electron chi connectivity index (χ2n) is 4.34. The molecule has 0 spiro atoms. The first-order valence-electron chi connectivity index (χ1n) is 6.18. The number of rotatable bonds is 3. The third-order valence-electron chi connectivity index (χ3n) is 2.78. The van der Waals surface area contributed by atoms with Crippen molar-refractivity contribution in [3.8, 4) is 0 Å². The van der Waals surface area contributed by atoms with Crippen LogP contribution in [0.25, 0.3) is 0 Å². The molecule has 0 saturated heterocycles. The summed E-state index contributed by atoms with van der Waals surface area (Å²) in [7, 11) is 0. The first-order chi connectivity index (χ1) is 10.9. The summed E-state index contributed by atoms with van der Waals surface area (Å²) >= 11 is 8.80. The van der Waals surface area contributed by atoms with Gasteiger partial charge in [0.1, 0.15) is 0 Å². The van der Waals surface area contributed by atoms with Crippen molar-refractivity contribution in [1.82, 2.24) is 10.9 Å². The Morgan fingerprint density at radius 3 is 2.22 bits per heavy atom. The second-order valence-corrected chi connectivity index (χ2v) is 5.63. The van der Waals surface area contributed by atoms with Crippen LogP contribution in [-0.4, -0.2) is 16.7 Å². The number of hydrogen-bond donors (Lipinski definition) is 2. The zero-order chi connectivity index (χ0) is 17.0. The third kappa shape index (κ3) is 4.27. The fourth-order valence-corrected chi connectivity index (χ4v) is 2.26. The number of amides is 2. The van der Waals surface area contributed by atoms with E-state index in [0.717, 1.165) is 6.07 Å². The molecule has 2 aromatic carbocycles. The van der Waals surface area contributed by atoms with Gasteiger partial charge in [-0.3, -0.25) is 30.6 Å². The van der Waals surface area contributed by atoms with Gasteiger partial charge in [-0.05, 0) is 46.3 Å². The molecular weight excluding hydrogens is 390 g/mol. The van der Waals surface area contributed by atoms with E-state index < -0.39 is 16.7 Å². The van der Waals surface area contributed by atoms with Crippen molar-refractivity contribution in [2.45, 2.75) is 0 Å². The minimum Gasteiger partial charge on any atom is -0.267 e. The molecule has 0 atom stereocenters. The van der Waals surface area contributed by atoms with Gasteiger partial charge < -0.3 is 0 Å². The largest absolute Gasteiger partial charge is 0.284 e. The molecular formula is C14H9BrClN3O4. The molecule has 0 aromatic heterocycles. The number of nitro groups is 1. The molecule has 118 valence electrons. The van der Waals surface area contributed by atoms with Crippen LogP contribution in [0.4, 0.5) is 5.69 Å². The summed E-state index contributed by atoms with van der Waals surface area (Å²) in [5, 5.41) is 11.2. The van der Waals surface area contributed by atoms with E-state index in [-0.39, 0.29) is 21.3 Å². The zero-order valence-corrected chi connectivity index (χ0v) is 13.7. The summed E-state index contributed by atoms with van der Waals surface area (Å²) in [5.74, 6) is -1.25. The lowest BCUT2D eigenvalue weighted by Gasteiger charge is -2.08. The van der Waals surface area contributed by atoms with Crippen molar-refractivity contribution in [2.24, 2.45) is 0 Å². The average Bonchev–Trinajstić information content (AvgIpc) is 2.52. The number of hydrogen-bond acceptors (Lipinski definition) is 4. The number of halogens is 2. The van der Waals surface area contributed by atoms with Crippen LogP contribution in [0.3, 0.4) is 0 Å². The Balaban J connectivity index is 2.06. The molecule has 0 bridgehead atoms. The normalized spacial score (nSPS) is 10.0. The smallest absolute Gasteiger partial charge is 0.267 e. The molecule has 0 heterocycles. The van der Waals surface area contributed by atoms with Gasteiger partial charge >= 0.3 is 0 Å². The number of carbonyl (C=O) groups is 2. The lowest BCUT2D eigenvalue weighted by atomic mass is 10.2. The number of hydrazine groups is 1. The van der Waals surface area contributed by atoms with Gasteiger partial charge in [-0.1, -0.05) is 17.7 Å². The van der Waals surface area contributed by atoms with E-state index in [9.17, 15) is 19.7 Å². The fourth-order valence-electron chi connectivity index (χ4n) is 1.68. The van der Waals surface area contributed by atoms with Crippen LogP contribution >= 0.6 is 27.5 Å². The Bertz CT molecular complexity index is 797. The predicted molar refractivity (Wildman–Crippen MR) is 87.2 cm³/mol. The highest BCUT2D eigenvalue weighted by atomic mass is 79.9. The fraction of sp³-hybridized carbons (Fsp3) is 0. The Morgan fingerprint density at radius 1 is 1.04 bits per heavy atom. The van der Waals surface area contributed by atoms with Gasteiger partial charge in [0.25, 0.3) is 17.5 Å². The first-order valence-corrected chi connectivity index (χ1v) is 7.36. The Kier molecular flexibility index (Phi) is 5.30. The summed E-state index contributed by atoms with van der Waals surface area (Å²) in [6.45, 7) is 0. The quantitative estimate of drug-likeness (QED) is 0.613.